The van der Waals surface area contributed by atoms with Gasteiger partial charge >= 0.3 is 0 Å². The van der Waals surface area contributed by atoms with Crippen molar-refractivity contribution in [2.45, 2.75) is 13.5 Å². The van der Waals surface area contributed by atoms with Gasteiger partial charge in [-0.1, -0.05) is 18.2 Å². The van der Waals surface area contributed by atoms with Gasteiger partial charge in [0.05, 0.1) is 6.54 Å². The number of guanidine groups is 1. The maximum Gasteiger partial charge on any atom is 0.189 e. The van der Waals surface area contributed by atoms with E-state index in [0.717, 1.165) is 22.6 Å². The molecule has 1 aliphatic rings. The number of nitrogens with zero attached hydrogens (tertiary/aromatic N) is 1. The van der Waals surface area contributed by atoms with Gasteiger partial charge in [-0.2, -0.15) is 0 Å². The van der Waals surface area contributed by atoms with Crippen molar-refractivity contribution in [3.8, 4) is 11.5 Å². The van der Waals surface area contributed by atoms with Crippen LogP contribution in [0.2, 0.25) is 0 Å². The fourth-order valence-corrected chi connectivity index (χ4v) is 1.66. The number of aliphatic imine (C=N–C) groups is 1. The van der Waals surface area contributed by atoms with Crippen LogP contribution in [0.25, 0.3) is 0 Å². The molecule has 110 valence electrons. The average molecular weight is 389 g/mol. The molecule has 0 bridgehead atoms. The van der Waals surface area contributed by atoms with E-state index < -0.39 is 0 Å². The monoisotopic (exact) mass is 389 g/mol. The van der Waals surface area contributed by atoms with Crippen molar-refractivity contribution in [3.63, 3.8) is 0 Å². The highest BCUT2D eigenvalue weighted by molar-refractivity contribution is 14.0. The molecule has 0 aliphatic carbocycles. The van der Waals surface area contributed by atoms with E-state index in [1.165, 1.54) is 0 Å². The molecule has 3 N–H and O–H groups in total. The van der Waals surface area contributed by atoms with Crippen molar-refractivity contribution < 1.29 is 9.47 Å². The molecule has 20 heavy (non-hydrogen) atoms. The first-order valence-corrected chi connectivity index (χ1v) is 6.22. The lowest BCUT2D eigenvalue weighted by atomic mass is 10.2. The summed E-state index contributed by atoms with van der Waals surface area (Å²) >= 11 is 0. The zero-order chi connectivity index (χ0) is 13.7. The number of nitrogens with one attached hydrogen (secondary N) is 1. The Morgan fingerprint density at radius 2 is 2.05 bits per heavy atom. The van der Waals surface area contributed by atoms with Crippen LogP contribution >= 0.6 is 24.0 Å². The van der Waals surface area contributed by atoms with Gasteiger partial charge in [-0.05, 0) is 24.6 Å². The molecule has 1 heterocycles. The molecule has 1 aromatic carbocycles. The molecule has 0 unspecified atom stereocenters. The molecule has 0 spiro atoms. The van der Waals surface area contributed by atoms with Gasteiger partial charge in [0, 0.05) is 6.54 Å². The SMILES string of the molecule is C=C(C)CNC(N)=NCc1ccc2c(c1)OCCO2.I. The smallest absolute Gasteiger partial charge is 0.189 e. The number of hydrogen-bond donors (Lipinski definition) is 2. The first-order chi connectivity index (χ1) is 9.15. The van der Waals surface area contributed by atoms with Gasteiger partial charge in [0.2, 0.25) is 0 Å². The zero-order valence-electron chi connectivity index (χ0n) is 11.5. The van der Waals surface area contributed by atoms with Crippen molar-refractivity contribution in [2.24, 2.45) is 10.7 Å². The minimum Gasteiger partial charge on any atom is -0.486 e. The van der Waals surface area contributed by atoms with Gasteiger partial charge in [0.1, 0.15) is 13.2 Å². The van der Waals surface area contributed by atoms with Crippen molar-refractivity contribution in [3.05, 3.63) is 35.9 Å². The molecule has 2 rings (SSSR count). The third-order valence-electron chi connectivity index (χ3n) is 2.61. The second-order valence-electron chi connectivity index (χ2n) is 4.49. The number of benzene rings is 1. The summed E-state index contributed by atoms with van der Waals surface area (Å²) in [7, 11) is 0. The Morgan fingerprint density at radius 1 is 1.35 bits per heavy atom. The summed E-state index contributed by atoms with van der Waals surface area (Å²) < 4.78 is 11.0. The number of hydrogen-bond acceptors (Lipinski definition) is 3. The maximum atomic E-state index is 5.75. The molecule has 0 saturated heterocycles. The third kappa shape index (κ3) is 4.92. The molecule has 0 radical (unpaired) electrons. The van der Waals surface area contributed by atoms with Gasteiger partial charge in [-0.25, -0.2) is 4.99 Å². The van der Waals surface area contributed by atoms with Crippen molar-refractivity contribution >= 4 is 29.9 Å². The third-order valence-corrected chi connectivity index (χ3v) is 2.61. The second-order valence-corrected chi connectivity index (χ2v) is 4.49. The number of halogens is 1. The van der Waals surface area contributed by atoms with E-state index in [-0.39, 0.29) is 24.0 Å². The molecular weight excluding hydrogens is 369 g/mol. The number of fused-ring (bicyclic) bond motifs is 1. The predicted molar refractivity (Wildman–Crippen MR) is 91.0 cm³/mol. The summed E-state index contributed by atoms with van der Waals surface area (Å²) in [5, 5.41) is 2.99. The van der Waals surface area contributed by atoms with E-state index in [9.17, 15) is 0 Å². The molecule has 0 amide bonds. The molecule has 1 aromatic rings. The lowest BCUT2D eigenvalue weighted by Crippen LogP contribution is -2.32. The molecular formula is C14H20IN3O2. The largest absolute Gasteiger partial charge is 0.486 e. The van der Waals surface area contributed by atoms with Crippen LogP contribution in [0.15, 0.2) is 35.3 Å². The Labute approximate surface area is 136 Å². The molecule has 0 saturated carbocycles. The molecule has 5 nitrogen and oxygen atoms in total. The summed E-state index contributed by atoms with van der Waals surface area (Å²) in [6.45, 7) is 8.05. The van der Waals surface area contributed by atoms with E-state index in [4.69, 9.17) is 15.2 Å². The van der Waals surface area contributed by atoms with Crippen LogP contribution in [-0.4, -0.2) is 25.7 Å². The lowest BCUT2D eigenvalue weighted by molar-refractivity contribution is 0.171. The zero-order valence-corrected chi connectivity index (χ0v) is 13.8. The molecule has 0 fully saturated rings. The summed E-state index contributed by atoms with van der Waals surface area (Å²) in [5.74, 6) is 1.97. The number of ether oxygens (including phenoxy) is 2. The van der Waals surface area contributed by atoms with E-state index >= 15 is 0 Å². The summed E-state index contributed by atoms with van der Waals surface area (Å²) in [6.07, 6.45) is 0. The standard InChI is InChI=1S/C14H19N3O2.HI/c1-10(2)8-16-14(15)17-9-11-3-4-12-13(7-11)19-6-5-18-12;/h3-4,7H,1,5-6,8-9H2,2H3,(H3,15,16,17);1H. The van der Waals surface area contributed by atoms with Crippen LogP contribution in [-0.2, 0) is 6.54 Å². The molecule has 1 aliphatic heterocycles. The predicted octanol–water partition coefficient (Wildman–Crippen LogP) is 2.06. The Bertz CT molecular complexity index is 503. The molecule has 6 heteroatoms. The Kier molecular flexibility index (Phi) is 6.63. The topological polar surface area (TPSA) is 68.9 Å². The van der Waals surface area contributed by atoms with Gasteiger partial charge in [-0.15, -0.1) is 24.0 Å². The highest BCUT2D eigenvalue weighted by atomic mass is 127. The van der Waals surface area contributed by atoms with Crippen molar-refractivity contribution in [1.29, 1.82) is 0 Å². The van der Waals surface area contributed by atoms with Crippen LogP contribution in [0.3, 0.4) is 0 Å². The summed E-state index contributed by atoms with van der Waals surface area (Å²) in [4.78, 5) is 4.26. The number of nitrogens with two attached hydrogens (primary N) is 1. The van der Waals surface area contributed by atoms with Crippen molar-refractivity contribution in [1.82, 2.24) is 5.32 Å². The Morgan fingerprint density at radius 3 is 2.75 bits per heavy atom. The first-order valence-electron chi connectivity index (χ1n) is 6.22. The summed E-state index contributed by atoms with van der Waals surface area (Å²) in [5.41, 5.74) is 7.79. The van der Waals surface area contributed by atoms with Crippen LogP contribution in [0.1, 0.15) is 12.5 Å². The maximum absolute atomic E-state index is 5.75. The fraction of sp³-hybridized carbons (Fsp3) is 0.357. The van der Waals surface area contributed by atoms with Gasteiger partial charge < -0.3 is 20.5 Å². The molecule has 0 aromatic heterocycles. The van der Waals surface area contributed by atoms with Crippen LogP contribution < -0.4 is 20.5 Å². The van der Waals surface area contributed by atoms with Crippen LogP contribution in [0, 0.1) is 0 Å². The lowest BCUT2D eigenvalue weighted by Gasteiger charge is -2.18. The normalized spacial score (nSPS) is 13.3. The van der Waals surface area contributed by atoms with E-state index in [1.807, 2.05) is 25.1 Å². The highest BCUT2D eigenvalue weighted by Gasteiger charge is 2.11. The van der Waals surface area contributed by atoms with Gasteiger partial charge in [0.15, 0.2) is 17.5 Å². The minimum absolute atomic E-state index is 0. The number of rotatable bonds is 4. The van der Waals surface area contributed by atoms with E-state index in [2.05, 4.69) is 16.9 Å². The van der Waals surface area contributed by atoms with E-state index in [0.29, 0.717) is 32.3 Å². The van der Waals surface area contributed by atoms with Gasteiger partial charge in [0.25, 0.3) is 0 Å². The van der Waals surface area contributed by atoms with Crippen LogP contribution in [0.5, 0.6) is 11.5 Å². The minimum atomic E-state index is 0. The quantitative estimate of drug-likeness (QED) is 0.358. The molecule has 0 atom stereocenters. The fourth-order valence-electron chi connectivity index (χ4n) is 1.66. The van der Waals surface area contributed by atoms with Gasteiger partial charge in [-0.3, -0.25) is 0 Å². The van der Waals surface area contributed by atoms with Crippen LogP contribution in [0.4, 0.5) is 0 Å². The Balaban J connectivity index is 0.00000200. The Hall–Kier alpha value is -1.44. The summed E-state index contributed by atoms with van der Waals surface area (Å²) in [6, 6.07) is 5.80. The van der Waals surface area contributed by atoms with E-state index in [1.54, 1.807) is 0 Å². The van der Waals surface area contributed by atoms with Crippen molar-refractivity contribution in [2.75, 3.05) is 19.8 Å². The first kappa shape index (κ1) is 16.6. The average Bonchev–Trinajstić information content (AvgIpc) is 2.42. The second kappa shape index (κ2) is 7.98. The highest BCUT2D eigenvalue weighted by Crippen LogP contribution is 2.30.